The Morgan fingerprint density at radius 1 is 1.25 bits per heavy atom. The highest BCUT2D eigenvalue weighted by Gasteiger charge is 2.04. The molecule has 0 aliphatic rings. The minimum absolute atomic E-state index is 0.0497. The van der Waals surface area contributed by atoms with Gasteiger partial charge in [-0.25, -0.2) is 4.98 Å². The molecule has 0 fully saturated rings. The summed E-state index contributed by atoms with van der Waals surface area (Å²) in [6.07, 6.45) is 1.85. The fraction of sp³-hybridized carbons (Fsp3) is 0.583. The lowest BCUT2D eigenvalue weighted by Crippen LogP contribution is -2.29. The van der Waals surface area contributed by atoms with Crippen LogP contribution in [0.3, 0.4) is 0 Å². The van der Waals surface area contributed by atoms with E-state index in [2.05, 4.69) is 35.9 Å². The van der Waals surface area contributed by atoms with Crippen LogP contribution in [0, 0.1) is 0 Å². The Labute approximate surface area is 98.1 Å². The topological polar surface area (TPSA) is 45.4 Å². The Morgan fingerprint density at radius 3 is 2.38 bits per heavy atom. The highest BCUT2D eigenvalue weighted by Crippen LogP contribution is 2.13. The second-order valence-corrected chi connectivity index (χ2v) is 4.46. The van der Waals surface area contributed by atoms with Crippen molar-refractivity contribution in [2.45, 2.75) is 13.0 Å². The molecule has 16 heavy (non-hydrogen) atoms. The van der Waals surface area contributed by atoms with Gasteiger partial charge in [-0.05, 0) is 32.6 Å². The zero-order valence-corrected chi connectivity index (χ0v) is 10.6. The van der Waals surface area contributed by atoms with E-state index in [1.807, 2.05) is 25.3 Å². The van der Waals surface area contributed by atoms with Gasteiger partial charge in [-0.3, -0.25) is 0 Å². The SMILES string of the molecule is C[C@H](N)c1ccc(N(C)CCN(C)C)nc1. The number of aromatic nitrogens is 1. The van der Waals surface area contributed by atoms with E-state index >= 15 is 0 Å². The van der Waals surface area contributed by atoms with E-state index in [0.717, 1.165) is 24.5 Å². The number of nitrogens with zero attached hydrogens (tertiary/aromatic N) is 3. The van der Waals surface area contributed by atoms with Crippen LogP contribution in [0.2, 0.25) is 0 Å². The number of hydrogen-bond donors (Lipinski definition) is 1. The number of anilines is 1. The first-order valence-corrected chi connectivity index (χ1v) is 5.58. The van der Waals surface area contributed by atoms with Crippen molar-refractivity contribution in [3.63, 3.8) is 0 Å². The van der Waals surface area contributed by atoms with Crippen LogP contribution in [0.25, 0.3) is 0 Å². The van der Waals surface area contributed by atoms with Crippen molar-refractivity contribution in [3.8, 4) is 0 Å². The number of rotatable bonds is 5. The molecule has 0 amide bonds. The van der Waals surface area contributed by atoms with Crippen molar-refractivity contribution >= 4 is 5.82 Å². The van der Waals surface area contributed by atoms with Crippen molar-refractivity contribution in [3.05, 3.63) is 23.9 Å². The molecule has 1 rings (SSSR count). The van der Waals surface area contributed by atoms with Crippen LogP contribution >= 0.6 is 0 Å². The lowest BCUT2D eigenvalue weighted by Gasteiger charge is -2.20. The number of pyridine rings is 1. The summed E-state index contributed by atoms with van der Waals surface area (Å²) < 4.78 is 0. The molecular weight excluding hydrogens is 200 g/mol. The Morgan fingerprint density at radius 2 is 1.94 bits per heavy atom. The average Bonchev–Trinajstić information content (AvgIpc) is 2.26. The van der Waals surface area contributed by atoms with Gasteiger partial charge in [0.25, 0.3) is 0 Å². The first kappa shape index (κ1) is 12.9. The van der Waals surface area contributed by atoms with Gasteiger partial charge in [0.05, 0.1) is 0 Å². The Bertz CT molecular complexity index is 305. The summed E-state index contributed by atoms with van der Waals surface area (Å²) in [7, 11) is 6.19. The molecule has 0 radical (unpaired) electrons. The predicted molar refractivity (Wildman–Crippen MR) is 68.7 cm³/mol. The summed E-state index contributed by atoms with van der Waals surface area (Å²) in [6, 6.07) is 4.11. The summed E-state index contributed by atoms with van der Waals surface area (Å²) in [4.78, 5) is 8.71. The van der Waals surface area contributed by atoms with Gasteiger partial charge in [0.1, 0.15) is 5.82 Å². The van der Waals surface area contributed by atoms with Gasteiger partial charge >= 0.3 is 0 Å². The zero-order chi connectivity index (χ0) is 12.1. The molecule has 0 spiro atoms. The van der Waals surface area contributed by atoms with Crippen LogP contribution in [0.15, 0.2) is 18.3 Å². The first-order valence-electron chi connectivity index (χ1n) is 5.58. The quantitative estimate of drug-likeness (QED) is 0.810. The molecule has 1 heterocycles. The van der Waals surface area contributed by atoms with E-state index in [1.165, 1.54) is 0 Å². The van der Waals surface area contributed by atoms with Crippen molar-refractivity contribution in [1.82, 2.24) is 9.88 Å². The molecule has 90 valence electrons. The van der Waals surface area contributed by atoms with E-state index < -0.39 is 0 Å². The van der Waals surface area contributed by atoms with Gasteiger partial charge in [0, 0.05) is 32.4 Å². The third-order valence-corrected chi connectivity index (χ3v) is 2.57. The minimum atomic E-state index is 0.0497. The van der Waals surface area contributed by atoms with Crippen LogP contribution in [-0.4, -0.2) is 44.1 Å². The fourth-order valence-corrected chi connectivity index (χ4v) is 1.36. The largest absolute Gasteiger partial charge is 0.358 e. The lowest BCUT2D eigenvalue weighted by molar-refractivity contribution is 0.416. The van der Waals surface area contributed by atoms with Crippen LogP contribution in [0.4, 0.5) is 5.82 Å². The van der Waals surface area contributed by atoms with Gasteiger partial charge in [-0.1, -0.05) is 6.07 Å². The molecule has 0 saturated heterocycles. The van der Waals surface area contributed by atoms with E-state index in [9.17, 15) is 0 Å². The first-order chi connectivity index (χ1) is 7.50. The molecule has 1 aromatic rings. The monoisotopic (exact) mass is 222 g/mol. The van der Waals surface area contributed by atoms with Gasteiger partial charge in [0.2, 0.25) is 0 Å². The third-order valence-electron chi connectivity index (χ3n) is 2.57. The summed E-state index contributed by atoms with van der Waals surface area (Å²) in [5, 5.41) is 0. The number of nitrogens with two attached hydrogens (primary N) is 1. The molecule has 0 aromatic carbocycles. The molecule has 2 N–H and O–H groups in total. The van der Waals surface area contributed by atoms with E-state index in [1.54, 1.807) is 0 Å². The van der Waals surface area contributed by atoms with Crippen molar-refractivity contribution < 1.29 is 0 Å². The number of likely N-dealkylation sites (N-methyl/N-ethyl adjacent to an activating group) is 2. The average molecular weight is 222 g/mol. The lowest BCUT2D eigenvalue weighted by atomic mass is 10.1. The second kappa shape index (κ2) is 5.82. The van der Waals surface area contributed by atoms with Crippen LogP contribution in [0.5, 0.6) is 0 Å². The normalized spacial score (nSPS) is 12.9. The van der Waals surface area contributed by atoms with Gasteiger partial charge in [-0.2, -0.15) is 0 Å². The smallest absolute Gasteiger partial charge is 0.128 e. The molecule has 1 atom stereocenters. The standard InChI is InChI=1S/C12H22N4/c1-10(13)11-5-6-12(14-9-11)16(4)8-7-15(2)3/h5-6,9-10H,7-8,13H2,1-4H3/t10-/m0/s1. The molecule has 4 nitrogen and oxygen atoms in total. The van der Waals surface area contributed by atoms with E-state index in [-0.39, 0.29) is 6.04 Å². The van der Waals surface area contributed by atoms with Gasteiger partial charge < -0.3 is 15.5 Å². The molecule has 0 aliphatic heterocycles. The predicted octanol–water partition coefficient (Wildman–Crippen LogP) is 1.10. The Kier molecular flexibility index (Phi) is 4.71. The number of hydrogen-bond acceptors (Lipinski definition) is 4. The molecule has 0 saturated carbocycles. The molecular formula is C12H22N4. The van der Waals surface area contributed by atoms with E-state index in [0.29, 0.717) is 0 Å². The summed E-state index contributed by atoms with van der Waals surface area (Å²) >= 11 is 0. The van der Waals surface area contributed by atoms with Crippen molar-refractivity contribution in [2.75, 3.05) is 39.1 Å². The molecule has 0 bridgehead atoms. The van der Waals surface area contributed by atoms with Crippen LogP contribution in [0.1, 0.15) is 18.5 Å². The summed E-state index contributed by atoms with van der Waals surface area (Å²) in [5.74, 6) is 0.992. The molecule has 0 aliphatic carbocycles. The summed E-state index contributed by atoms with van der Waals surface area (Å²) in [6.45, 7) is 3.96. The van der Waals surface area contributed by atoms with E-state index in [4.69, 9.17) is 5.73 Å². The highest BCUT2D eigenvalue weighted by molar-refractivity contribution is 5.38. The van der Waals surface area contributed by atoms with Crippen LogP contribution < -0.4 is 10.6 Å². The summed E-state index contributed by atoms with van der Waals surface area (Å²) in [5.41, 5.74) is 6.85. The maximum Gasteiger partial charge on any atom is 0.128 e. The van der Waals surface area contributed by atoms with Crippen molar-refractivity contribution in [1.29, 1.82) is 0 Å². The zero-order valence-electron chi connectivity index (χ0n) is 10.6. The third kappa shape index (κ3) is 3.79. The fourth-order valence-electron chi connectivity index (χ4n) is 1.36. The maximum atomic E-state index is 5.78. The van der Waals surface area contributed by atoms with Crippen molar-refractivity contribution in [2.24, 2.45) is 5.73 Å². The molecule has 1 aromatic heterocycles. The van der Waals surface area contributed by atoms with Gasteiger partial charge in [0.15, 0.2) is 0 Å². The van der Waals surface area contributed by atoms with Gasteiger partial charge in [-0.15, -0.1) is 0 Å². The minimum Gasteiger partial charge on any atom is -0.358 e. The Balaban J connectivity index is 2.59. The highest BCUT2D eigenvalue weighted by atomic mass is 15.2. The molecule has 0 unspecified atom stereocenters. The van der Waals surface area contributed by atoms with Crippen LogP contribution in [-0.2, 0) is 0 Å². The Hall–Kier alpha value is -1.13. The second-order valence-electron chi connectivity index (χ2n) is 4.46. The molecule has 4 heteroatoms. The maximum absolute atomic E-state index is 5.78.